The highest BCUT2D eigenvalue weighted by Gasteiger charge is 2.34. The van der Waals surface area contributed by atoms with E-state index in [1.54, 1.807) is 12.3 Å². The van der Waals surface area contributed by atoms with Gasteiger partial charge in [0.05, 0.1) is 13.7 Å². The van der Waals surface area contributed by atoms with E-state index in [4.69, 9.17) is 4.42 Å². The quantitative estimate of drug-likeness (QED) is 0.375. The maximum Gasteiger partial charge on any atom is 0.373 e. The summed E-state index contributed by atoms with van der Waals surface area (Å²) in [5.41, 5.74) is 3.85. The molecule has 3 amide bonds. The molecule has 4 heterocycles. The minimum Gasteiger partial charge on any atom is -0.463 e. The molecule has 3 aromatic rings. The lowest BCUT2D eigenvalue weighted by Gasteiger charge is -2.09. The molecule has 0 atom stereocenters. The summed E-state index contributed by atoms with van der Waals surface area (Å²) in [6.07, 6.45) is 3.44. The smallest absolute Gasteiger partial charge is 0.373 e. The number of hydrogen-bond acceptors (Lipinski definition) is 6. The Morgan fingerprint density at radius 1 is 1.19 bits per heavy atom. The molecule has 4 rings (SSSR count). The zero-order valence-corrected chi connectivity index (χ0v) is 18.1. The summed E-state index contributed by atoms with van der Waals surface area (Å²) in [7, 11) is 1.24. The zero-order chi connectivity index (χ0) is 23.0. The lowest BCUT2D eigenvalue weighted by atomic mass is 10.2. The van der Waals surface area contributed by atoms with Crippen molar-refractivity contribution in [3.63, 3.8) is 0 Å². The summed E-state index contributed by atoms with van der Waals surface area (Å²) in [6, 6.07) is 8.24. The number of furan rings is 1. The molecule has 0 spiro atoms. The van der Waals surface area contributed by atoms with Crippen LogP contribution in [0.1, 0.15) is 38.8 Å². The largest absolute Gasteiger partial charge is 0.463 e. The van der Waals surface area contributed by atoms with Gasteiger partial charge in [-0.15, -0.1) is 0 Å². The van der Waals surface area contributed by atoms with E-state index in [9.17, 15) is 14.4 Å². The number of amides is 3. The molecule has 0 aromatic carbocycles. The second kappa shape index (κ2) is 8.18. The van der Waals surface area contributed by atoms with Crippen molar-refractivity contribution < 1.29 is 23.5 Å². The fourth-order valence-electron chi connectivity index (χ4n) is 3.58. The van der Waals surface area contributed by atoms with Crippen LogP contribution < -0.4 is 5.32 Å². The maximum absolute atomic E-state index is 12.9. The van der Waals surface area contributed by atoms with Crippen LogP contribution in [0.4, 0.5) is 4.79 Å². The first-order valence-corrected chi connectivity index (χ1v) is 9.92. The highest BCUT2D eigenvalue weighted by molar-refractivity contribution is 6.13. The maximum atomic E-state index is 12.9. The van der Waals surface area contributed by atoms with Crippen molar-refractivity contribution in [1.82, 2.24) is 19.8 Å². The number of methoxy groups -OCH3 is 1. The van der Waals surface area contributed by atoms with E-state index in [0.717, 1.165) is 33.2 Å². The summed E-state index contributed by atoms with van der Waals surface area (Å²) < 4.78 is 12.0. The number of ether oxygens (including phenoxy) is 1. The molecule has 32 heavy (non-hydrogen) atoms. The molecule has 1 aliphatic heterocycles. The van der Waals surface area contributed by atoms with Gasteiger partial charge >= 0.3 is 12.0 Å². The molecule has 9 nitrogen and oxygen atoms in total. The Hall–Kier alpha value is -4.14. The van der Waals surface area contributed by atoms with E-state index in [1.807, 2.05) is 43.5 Å². The second-order valence-electron chi connectivity index (χ2n) is 7.49. The summed E-state index contributed by atoms with van der Waals surface area (Å²) in [5.74, 6) is -0.0455. The predicted molar refractivity (Wildman–Crippen MR) is 115 cm³/mol. The summed E-state index contributed by atoms with van der Waals surface area (Å²) in [5, 5.41) is 2.61. The Kier molecular flexibility index (Phi) is 5.40. The van der Waals surface area contributed by atoms with Gasteiger partial charge in [0.25, 0.3) is 5.91 Å². The molecule has 0 unspecified atom stereocenters. The van der Waals surface area contributed by atoms with Gasteiger partial charge in [0.1, 0.15) is 17.3 Å². The van der Waals surface area contributed by atoms with Crippen LogP contribution in [0.5, 0.6) is 0 Å². The van der Waals surface area contributed by atoms with E-state index >= 15 is 0 Å². The molecular weight excluding hydrogens is 412 g/mol. The Morgan fingerprint density at radius 2 is 1.97 bits per heavy atom. The minimum atomic E-state index is -0.632. The third-order valence-electron chi connectivity index (χ3n) is 5.22. The van der Waals surface area contributed by atoms with Crippen LogP contribution in [0, 0.1) is 20.8 Å². The van der Waals surface area contributed by atoms with E-state index in [-0.39, 0.29) is 18.0 Å². The van der Waals surface area contributed by atoms with Crippen LogP contribution in [-0.4, -0.2) is 39.5 Å². The molecular formula is C23H22N4O5. The van der Waals surface area contributed by atoms with Gasteiger partial charge in [-0.05, 0) is 62.2 Å². The Morgan fingerprint density at radius 3 is 2.66 bits per heavy atom. The monoisotopic (exact) mass is 434 g/mol. The average molecular weight is 434 g/mol. The van der Waals surface area contributed by atoms with E-state index < -0.39 is 17.9 Å². The predicted octanol–water partition coefficient (Wildman–Crippen LogP) is 3.27. The Bertz CT molecular complexity index is 1250. The fraction of sp³-hybridized carbons (Fsp3) is 0.217. The summed E-state index contributed by atoms with van der Waals surface area (Å²) >= 11 is 0. The van der Waals surface area contributed by atoms with Gasteiger partial charge in [0.2, 0.25) is 5.76 Å². The van der Waals surface area contributed by atoms with Gasteiger partial charge in [-0.3, -0.25) is 9.69 Å². The molecule has 0 saturated carbocycles. The van der Waals surface area contributed by atoms with Crippen LogP contribution >= 0.6 is 0 Å². The SMILES string of the molecule is COC(=O)c1ccc(CN2C(=O)N/C(=C\c3cc(C)n(-c4ccc(C)cn4)c3C)C2=O)o1. The number of nitrogens with one attached hydrogen (secondary N) is 1. The zero-order valence-electron chi connectivity index (χ0n) is 18.1. The van der Waals surface area contributed by atoms with Crippen molar-refractivity contribution >= 4 is 24.0 Å². The lowest BCUT2D eigenvalue weighted by molar-refractivity contribution is -0.123. The third-order valence-corrected chi connectivity index (χ3v) is 5.22. The van der Waals surface area contributed by atoms with Crippen molar-refractivity contribution in [3.8, 4) is 5.82 Å². The molecule has 1 aliphatic rings. The highest BCUT2D eigenvalue weighted by Crippen LogP contribution is 2.24. The van der Waals surface area contributed by atoms with Gasteiger partial charge in [0.15, 0.2) is 0 Å². The normalized spacial score (nSPS) is 14.9. The third kappa shape index (κ3) is 3.80. The molecule has 9 heteroatoms. The van der Waals surface area contributed by atoms with E-state index in [1.165, 1.54) is 19.2 Å². The molecule has 0 bridgehead atoms. The van der Waals surface area contributed by atoms with Gasteiger partial charge < -0.3 is 19.0 Å². The first-order valence-electron chi connectivity index (χ1n) is 9.92. The van der Waals surface area contributed by atoms with E-state index in [0.29, 0.717) is 5.76 Å². The molecule has 164 valence electrons. The first kappa shape index (κ1) is 21.1. The van der Waals surface area contributed by atoms with Crippen LogP contribution in [0.25, 0.3) is 11.9 Å². The Labute approximate surface area is 184 Å². The summed E-state index contributed by atoms with van der Waals surface area (Å²) in [4.78, 5) is 42.3. The van der Waals surface area contributed by atoms with Crippen molar-refractivity contribution in [2.45, 2.75) is 27.3 Å². The molecule has 0 radical (unpaired) electrons. The molecule has 0 aliphatic carbocycles. The number of urea groups is 1. The number of nitrogens with zero attached hydrogens (tertiary/aromatic N) is 3. The highest BCUT2D eigenvalue weighted by atomic mass is 16.5. The summed E-state index contributed by atoms with van der Waals surface area (Å²) in [6.45, 7) is 5.75. The first-order chi connectivity index (χ1) is 15.3. The average Bonchev–Trinajstić information content (AvgIpc) is 3.42. The van der Waals surface area contributed by atoms with Crippen molar-refractivity contribution in [2.75, 3.05) is 7.11 Å². The van der Waals surface area contributed by atoms with E-state index in [2.05, 4.69) is 15.0 Å². The van der Waals surface area contributed by atoms with Crippen LogP contribution in [0.15, 0.2) is 46.6 Å². The fourth-order valence-corrected chi connectivity index (χ4v) is 3.58. The number of imide groups is 1. The number of pyridine rings is 1. The molecule has 1 fully saturated rings. The number of esters is 1. The molecule has 1 N–H and O–H groups in total. The lowest BCUT2D eigenvalue weighted by Crippen LogP contribution is -2.30. The minimum absolute atomic E-state index is 0.00229. The number of aromatic nitrogens is 2. The number of rotatable bonds is 5. The topological polar surface area (TPSA) is 107 Å². The number of hydrogen-bond donors (Lipinski definition) is 1. The van der Waals surface area contributed by atoms with Gasteiger partial charge in [-0.2, -0.15) is 0 Å². The van der Waals surface area contributed by atoms with Gasteiger partial charge in [-0.25, -0.2) is 14.6 Å². The standard InChI is InChI=1S/C23H22N4O5/c1-13-5-8-20(24-11-13)27-14(2)9-16(15(27)3)10-18-21(28)26(23(30)25-18)12-17-6-7-19(32-17)22(29)31-4/h5-11H,12H2,1-4H3,(H,25,30)/b18-10-. The number of carbonyl (C=O) groups excluding carboxylic acids is 3. The van der Waals surface area contributed by atoms with Crippen LogP contribution in [-0.2, 0) is 16.1 Å². The number of carbonyl (C=O) groups is 3. The van der Waals surface area contributed by atoms with Gasteiger partial charge in [0, 0.05) is 17.6 Å². The Balaban J connectivity index is 1.58. The van der Waals surface area contributed by atoms with Crippen molar-refractivity contribution in [2.24, 2.45) is 0 Å². The molecule has 1 saturated heterocycles. The van der Waals surface area contributed by atoms with Crippen molar-refractivity contribution in [3.05, 3.63) is 76.3 Å². The van der Waals surface area contributed by atoms with Crippen molar-refractivity contribution in [1.29, 1.82) is 0 Å². The van der Waals surface area contributed by atoms with Crippen LogP contribution in [0.3, 0.4) is 0 Å². The molecule has 3 aromatic heterocycles. The van der Waals surface area contributed by atoms with Crippen LogP contribution in [0.2, 0.25) is 0 Å². The number of aryl methyl sites for hydroxylation is 2. The second-order valence-corrected chi connectivity index (χ2v) is 7.49. The van der Waals surface area contributed by atoms with Gasteiger partial charge in [-0.1, -0.05) is 6.07 Å².